The molecule has 2 aliphatic rings. The lowest BCUT2D eigenvalue weighted by Gasteiger charge is -2.30. The summed E-state index contributed by atoms with van der Waals surface area (Å²) in [5, 5.41) is 0. The molecule has 3 rings (SSSR count). The van der Waals surface area contributed by atoms with Crippen LogP contribution in [0.2, 0.25) is 0 Å². The van der Waals surface area contributed by atoms with Crippen LogP contribution in [0, 0.1) is 5.92 Å². The van der Waals surface area contributed by atoms with Crippen molar-refractivity contribution in [3.8, 4) is 0 Å². The van der Waals surface area contributed by atoms with Gasteiger partial charge in [0.15, 0.2) is 5.82 Å². The quantitative estimate of drug-likeness (QED) is 0.793. The maximum atomic E-state index is 5.84. The Hall–Kier alpha value is -1.95. The van der Waals surface area contributed by atoms with Crippen molar-refractivity contribution in [2.24, 2.45) is 20.9 Å². The van der Waals surface area contributed by atoms with E-state index in [1.54, 1.807) is 0 Å². The van der Waals surface area contributed by atoms with Crippen molar-refractivity contribution < 1.29 is 4.74 Å². The molecule has 0 N–H and O–H groups in total. The highest BCUT2D eigenvalue weighted by atomic mass is 16.5. The van der Waals surface area contributed by atoms with Crippen LogP contribution >= 0.6 is 0 Å². The van der Waals surface area contributed by atoms with Gasteiger partial charge in [-0.15, -0.1) is 0 Å². The average molecular weight is 271 g/mol. The van der Waals surface area contributed by atoms with Gasteiger partial charge >= 0.3 is 0 Å². The summed E-state index contributed by atoms with van der Waals surface area (Å²) in [6, 6.07) is 0. The number of hydrogen-bond donors (Lipinski definition) is 0. The second-order valence-corrected chi connectivity index (χ2v) is 5.01. The third-order valence-corrected chi connectivity index (χ3v) is 3.73. The van der Waals surface area contributed by atoms with Gasteiger partial charge in [-0.2, -0.15) is 4.98 Å². The number of nitrogens with zero attached hydrogens (tertiary/aromatic N) is 5. The van der Waals surface area contributed by atoms with Gasteiger partial charge in [0.05, 0.1) is 11.8 Å². The summed E-state index contributed by atoms with van der Waals surface area (Å²) in [4.78, 5) is 20.7. The van der Waals surface area contributed by atoms with Gasteiger partial charge in [0.1, 0.15) is 5.69 Å². The number of aliphatic imine (C=N–C) groups is 3. The molecule has 2 atom stereocenters. The third kappa shape index (κ3) is 2.38. The van der Waals surface area contributed by atoms with Gasteiger partial charge < -0.3 is 4.74 Å². The zero-order chi connectivity index (χ0) is 13.9. The van der Waals surface area contributed by atoms with Crippen LogP contribution < -0.4 is 0 Å². The van der Waals surface area contributed by atoms with Crippen molar-refractivity contribution in [2.75, 3.05) is 6.61 Å². The molecule has 20 heavy (non-hydrogen) atoms. The minimum Gasteiger partial charge on any atom is -0.378 e. The predicted octanol–water partition coefficient (Wildman–Crippen LogP) is 2.58. The van der Waals surface area contributed by atoms with Crippen molar-refractivity contribution >= 4 is 37.1 Å². The third-order valence-electron chi connectivity index (χ3n) is 3.73. The Morgan fingerprint density at radius 1 is 1.20 bits per heavy atom. The molecule has 0 saturated carbocycles. The largest absolute Gasteiger partial charge is 0.378 e. The van der Waals surface area contributed by atoms with E-state index in [-0.39, 0.29) is 12.0 Å². The van der Waals surface area contributed by atoms with Gasteiger partial charge in [0.25, 0.3) is 5.95 Å². The van der Waals surface area contributed by atoms with Crippen LogP contribution in [0.4, 0.5) is 17.5 Å². The first-order chi connectivity index (χ1) is 9.81. The van der Waals surface area contributed by atoms with E-state index in [1.165, 1.54) is 6.42 Å². The van der Waals surface area contributed by atoms with Crippen molar-refractivity contribution in [3.05, 3.63) is 5.69 Å². The Morgan fingerprint density at radius 3 is 2.80 bits per heavy atom. The lowest BCUT2D eigenvalue weighted by molar-refractivity contribution is -0.00359. The van der Waals surface area contributed by atoms with Crippen LogP contribution in [-0.2, 0) is 11.2 Å². The SMILES string of the molecule is C=Nc1nc2c(c(N=C)n1)N=CC(C1CCCCO1)C2. The number of hydrogen-bond acceptors (Lipinski definition) is 6. The summed E-state index contributed by atoms with van der Waals surface area (Å²) in [7, 11) is 0. The topological polar surface area (TPSA) is 72.1 Å². The molecule has 0 bridgehead atoms. The van der Waals surface area contributed by atoms with Crippen LogP contribution in [0.25, 0.3) is 0 Å². The van der Waals surface area contributed by atoms with Crippen LogP contribution in [0.1, 0.15) is 25.0 Å². The van der Waals surface area contributed by atoms with E-state index in [0.717, 1.165) is 31.6 Å². The number of aromatic nitrogens is 2. The Bertz CT molecular complexity index is 563. The van der Waals surface area contributed by atoms with Gasteiger partial charge in [0, 0.05) is 25.2 Å². The first kappa shape index (κ1) is 13.1. The minimum atomic E-state index is 0.232. The molecule has 6 nitrogen and oxygen atoms in total. The second kappa shape index (κ2) is 5.58. The van der Waals surface area contributed by atoms with Gasteiger partial charge in [-0.3, -0.25) is 4.99 Å². The average Bonchev–Trinajstić information content (AvgIpc) is 2.54. The summed E-state index contributed by atoms with van der Waals surface area (Å²) < 4.78 is 5.84. The van der Waals surface area contributed by atoms with Crippen LogP contribution in [0.5, 0.6) is 0 Å². The fourth-order valence-electron chi connectivity index (χ4n) is 2.71. The highest BCUT2D eigenvalue weighted by molar-refractivity contribution is 5.76. The van der Waals surface area contributed by atoms with Gasteiger partial charge in [0.2, 0.25) is 0 Å². The second-order valence-electron chi connectivity index (χ2n) is 5.01. The first-order valence-corrected chi connectivity index (χ1v) is 6.82. The van der Waals surface area contributed by atoms with Gasteiger partial charge in [-0.05, 0) is 32.7 Å². The zero-order valence-corrected chi connectivity index (χ0v) is 11.3. The Balaban J connectivity index is 1.90. The molecule has 6 heteroatoms. The highest BCUT2D eigenvalue weighted by Gasteiger charge is 2.28. The van der Waals surface area contributed by atoms with Gasteiger partial charge in [-0.25, -0.2) is 15.0 Å². The maximum absolute atomic E-state index is 5.84. The fourth-order valence-corrected chi connectivity index (χ4v) is 2.71. The smallest absolute Gasteiger partial charge is 0.251 e. The van der Waals surface area contributed by atoms with Crippen molar-refractivity contribution in [2.45, 2.75) is 31.8 Å². The van der Waals surface area contributed by atoms with Crippen molar-refractivity contribution in [1.29, 1.82) is 0 Å². The molecule has 1 fully saturated rings. The minimum absolute atomic E-state index is 0.232. The molecule has 1 saturated heterocycles. The van der Waals surface area contributed by atoms with E-state index in [0.29, 0.717) is 17.5 Å². The van der Waals surface area contributed by atoms with Gasteiger partial charge in [-0.1, -0.05) is 0 Å². The van der Waals surface area contributed by atoms with Crippen molar-refractivity contribution in [1.82, 2.24) is 9.97 Å². The number of ether oxygens (including phenoxy) is 1. The first-order valence-electron chi connectivity index (χ1n) is 6.82. The standard InChI is InChI=1S/C14H17N5O/c1-15-13-12-10(18-14(16-2)19-13)7-9(8-17-12)11-5-3-4-6-20-11/h8-9,11H,1-7H2. The zero-order valence-electron chi connectivity index (χ0n) is 11.3. The molecule has 1 aromatic heterocycles. The summed E-state index contributed by atoms with van der Waals surface area (Å²) in [5.41, 5.74) is 1.55. The van der Waals surface area contributed by atoms with E-state index in [2.05, 4.69) is 38.4 Å². The number of fused-ring (bicyclic) bond motifs is 1. The molecule has 104 valence electrons. The molecule has 2 aliphatic heterocycles. The maximum Gasteiger partial charge on any atom is 0.251 e. The van der Waals surface area contributed by atoms with Crippen LogP contribution in [0.3, 0.4) is 0 Å². The van der Waals surface area contributed by atoms with E-state index >= 15 is 0 Å². The van der Waals surface area contributed by atoms with E-state index in [9.17, 15) is 0 Å². The van der Waals surface area contributed by atoms with E-state index in [1.807, 2.05) is 6.21 Å². The summed E-state index contributed by atoms with van der Waals surface area (Å²) in [6.07, 6.45) is 6.39. The lowest BCUT2D eigenvalue weighted by Crippen LogP contribution is -2.31. The lowest BCUT2D eigenvalue weighted by atomic mass is 9.90. The molecular formula is C14H17N5O. The summed E-state index contributed by atoms with van der Waals surface area (Å²) in [5.74, 6) is 1.05. The van der Waals surface area contributed by atoms with Crippen molar-refractivity contribution in [3.63, 3.8) is 0 Å². The molecule has 2 unspecified atom stereocenters. The Kier molecular flexibility index (Phi) is 3.64. The van der Waals surface area contributed by atoms with Crippen LogP contribution in [0.15, 0.2) is 15.0 Å². The molecule has 0 spiro atoms. The highest BCUT2D eigenvalue weighted by Crippen LogP contribution is 2.36. The molecule has 3 heterocycles. The molecule has 0 radical (unpaired) electrons. The van der Waals surface area contributed by atoms with E-state index < -0.39 is 0 Å². The molecule has 0 aliphatic carbocycles. The molecule has 1 aromatic rings. The Labute approximate surface area is 117 Å². The molecular weight excluding hydrogens is 254 g/mol. The monoisotopic (exact) mass is 271 g/mol. The normalized spacial score (nSPS) is 25.0. The van der Waals surface area contributed by atoms with Crippen LogP contribution in [-0.4, -0.2) is 42.3 Å². The fraction of sp³-hybridized carbons (Fsp3) is 0.500. The summed E-state index contributed by atoms with van der Waals surface area (Å²) >= 11 is 0. The number of rotatable bonds is 3. The van der Waals surface area contributed by atoms with E-state index in [4.69, 9.17) is 4.74 Å². The molecule has 0 amide bonds. The summed E-state index contributed by atoms with van der Waals surface area (Å²) in [6.45, 7) is 7.82. The predicted molar refractivity (Wildman–Crippen MR) is 79.4 cm³/mol. The molecule has 0 aromatic carbocycles. The Morgan fingerprint density at radius 2 is 2.10 bits per heavy atom.